The molecule has 2 aliphatic rings. The number of nitrogens with zero attached hydrogens (tertiary/aromatic N) is 9. The Balaban J connectivity index is 1.14. The Hall–Kier alpha value is -4.58. The highest BCUT2D eigenvalue weighted by atomic mass is 16.5. The van der Waals surface area contributed by atoms with E-state index >= 15 is 0 Å². The molecule has 254 valence electrons. The summed E-state index contributed by atoms with van der Waals surface area (Å²) in [6.07, 6.45) is 12.8. The molecular formula is C34H44N10O4. The average molecular weight is 657 g/mol. The molecule has 1 saturated heterocycles. The van der Waals surface area contributed by atoms with E-state index in [0.717, 1.165) is 68.8 Å². The average Bonchev–Trinajstić information content (AvgIpc) is 3.78. The van der Waals surface area contributed by atoms with Gasteiger partial charge in [-0.25, -0.2) is 19.6 Å². The standard InChI is InChI=1S/C34H44N10O4/c1-24(20-45-3)21-47-33-31(19-44(41-33)30-8-6-29(7-9-30)42-10-12-46-13-11-42)40-34-37-16-28(17-38-34)26-4-5-27(15-35)32(14-26)48-25(2)18-43-23-36-22-39-43/h4-5,14,16-17,19,22-25,29-30H,6-13,18,20-21H2,1-3H3,(H,37,38,40)/t24-,25-,29?,30?/m0/s1. The van der Waals surface area contributed by atoms with Crippen molar-refractivity contribution < 1.29 is 18.9 Å². The smallest absolute Gasteiger partial charge is 0.256 e. The van der Waals surface area contributed by atoms with Gasteiger partial charge in [0.15, 0.2) is 0 Å². The molecule has 1 aromatic carbocycles. The molecule has 0 spiro atoms. The van der Waals surface area contributed by atoms with Crippen molar-refractivity contribution in [3.8, 4) is 28.8 Å². The normalized spacial score (nSPS) is 19.7. The molecule has 1 N–H and O–H groups in total. The van der Waals surface area contributed by atoms with Crippen molar-refractivity contribution in [2.75, 3.05) is 51.9 Å². The SMILES string of the molecule is COC[C@H](C)COc1nn(C2CCC(N3CCOCC3)CC2)cc1Nc1ncc(-c2ccc(C#N)c(O[C@@H](C)Cn3cncn3)c2)cn1. The zero-order valence-corrected chi connectivity index (χ0v) is 27.9. The van der Waals surface area contributed by atoms with Crippen LogP contribution in [0.2, 0.25) is 0 Å². The number of morpholine rings is 1. The van der Waals surface area contributed by atoms with Gasteiger partial charge in [0, 0.05) is 50.1 Å². The van der Waals surface area contributed by atoms with Crippen LogP contribution in [-0.4, -0.2) is 98.2 Å². The predicted octanol–water partition coefficient (Wildman–Crippen LogP) is 4.49. The van der Waals surface area contributed by atoms with Gasteiger partial charge in [0.25, 0.3) is 5.88 Å². The van der Waals surface area contributed by atoms with Crippen molar-refractivity contribution in [2.45, 2.75) is 64.3 Å². The van der Waals surface area contributed by atoms with E-state index in [1.165, 1.54) is 6.33 Å². The van der Waals surface area contributed by atoms with E-state index in [4.69, 9.17) is 24.0 Å². The molecule has 0 unspecified atom stereocenters. The van der Waals surface area contributed by atoms with Crippen LogP contribution in [0.1, 0.15) is 51.1 Å². The van der Waals surface area contributed by atoms with E-state index in [2.05, 4.69) is 43.3 Å². The van der Waals surface area contributed by atoms with Gasteiger partial charge < -0.3 is 24.3 Å². The van der Waals surface area contributed by atoms with E-state index in [-0.39, 0.29) is 12.0 Å². The molecule has 0 bridgehead atoms. The minimum Gasteiger partial charge on any atom is -0.487 e. The number of anilines is 2. The number of rotatable bonds is 14. The van der Waals surface area contributed by atoms with Crippen molar-refractivity contribution >= 4 is 11.6 Å². The molecule has 14 nitrogen and oxygen atoms in total. The van der Waals surface area contributed by atoms with Gasteiger partial charge in [-0.15, -0.1) is 5.10 Å². The van der Waals surface area contributed by atoms with Gasteiger partial charge in [-0.2, -0.15) is 10.4 Å². The van der Waals surface area contributed by atoms with Crippen LogP contribution in [0.4, 0.5) is 11.6 Å². The molecule has 3 aromatic heterocycles. The third-order valence-electron chi connectivity index (χ3n) is 8.83. The number of nitrogens with one attached hydrogen (secondary N) is 1. The lowest BCUT2D eigenvalue weighted by molar-refractivity contribution is 0.00502. The lowest BCUT2D eigenvalue weighted by Gasteiger charge is -2.38. The van der Waals surface area contributed by atoms with Gasteiger partial charge in [-0.1, -0.05) is 13.0 Å². The summed E-state index contributed by atoms with van der Waals surface area (Å²) in [5, 5.41) is 22.0. The molecule has 2 atom stereocenters. The fourth-order valence-corrected chi connectivity index (χ4v) is 6.34. The monoisotopic (exact) mass is 656 g/mol. The Bertz CT molecular complexity index is 1620. The first kappa shape index (κ1) is 33.3. The van der Waals surface area contributed by atoms with E-state index < -0.39 is 0 Å². The molecule has 4 heterocycles. The lowest BCUT2D eigenvalue weighted by Crippen LogP contribution is -2.45. The number of aromatic nitrogens is 7. The molecular weight excluding hydrogens is 612 g/mol. The lowest BCUT2D eigenvalue weighted by atomic mass is 9.90. The second-order valence-corrected chi connectivity index (χ2v) is 12.6. The Labute approximate surface area is 281 Å². The van der Waals surface area contributed by atoms with E-state index in [1.54, 1.807) is 36.6 Å². The third kappa shape index (κ3) is 8.46. The number of hydrogen-bond acceptors (Lipinski definition) is 12. The minimum atomic E-state index is -0.230. The molecule has 2 fully saturated rings. The van der Waals surface area contributed by atoms with Crippen LogP contribution in [0.15, 0.2) is 49.4 Å². The maximum absolute atomic E-state index is 9.67. The van der Waals surface area contributed by atoms with Crippen LogP contribution >= 0.6 is 0 Å². The summed E-state index contributed by atoms with van der Waals surface area (Å²) in [6, 6.07) is 8.57. The molecule has 14 heteroatoms. The Kier molecular flexibility index (Phi) is 11.1. The molecule has 0 amide bonds. The Morgan fingerprint density at radius 2 is 1.81 bits per heavy atom. The largest absolute Gasteiger partial charge is 0.487 e. The van der Waals surface area contributed by atoms with Crippen LogP contribution in [0.25, 0.3) is 11.1 Å². The third-order valence-corrected chi connectivity index (χ3v) is 8.83. The zero-order valence-electron chi connectivity index (χ0n) is 27.9. The number of benzene rings is 1. The highest BCUT2D eigenvalue weighted by Crippen LogP contribution is 2.35. The second-order valence-electron chi connectivity index (χ2n) is 12.6. The van der Waals surface area contributed by atoms with Crippen LogP contribution in [0.5, 0.6) is 11.6 Å². The van der Waals surface area contributed by atoms with Crippen LogP contribution in [-0.2, 0) is 16.0 Å². The van der Waals surface area contributed by atoms with Crippen molar-refractivity contribution in [1.82, 2.24) is 39.4 Å². The summed E-state index contributed by atoms with van der Waals surface area (Å²) in [6.45, 7) is 9.28. The summed E-state index contributed by atoms with van der Waals surface area (Å²) < 4.78 is 26.9. The molecule has 0 radical (unpaired) electrons. The zero-order chi connectivity index (χ0) is 33.3. The van der Waals surface area contributed by atoms with Crippen molar-refractivity contribution in [2.24, 2.45) is 5.92 Å². The fourth-order valence-electron chi connectivity index (χ4n) is 6.34. The first-order chi connectivity index (χ1) is 23.5. The summed E-state index contributed by atoms with van der Waals surface area (Å²) in [5.41, 5.74) is 2.79. The first-order valence-corrected chi connectivity index (χ1v) is 16.6. The highest BCUT2D eigenvalue weighted by molar-refractivity contribution is 5.67. The van der Waals surface area contributed by atoms with Gasteiger partial charge in [0.2, 0.25) is 5.95 Å². The van der Waals surface area contributed by atoms with Gasteiger partial charge in [-0.05, 0) is 50.3 Å². The minimum absolute atomic E-state index is 0.208. The van der Waals surface area contributed by atoms with Gasteiger partial charge >= 0.3 is 0 Å². The molecule has 1 aliphatic carbocycles. The first-order valence-electron chi connectivity index (χ1n) is 16.6. The molecule has 4 aromatic rings. The molecule has 48 heavy (non-hydrogen) atoms. The van der Waals surface area contributed by atoms with Crippen LogP contribution in [0, 0.1) is 17.2 Å². The Morgan fingerprint density at radius 1 is 1.04 bits per heavy atom. The van der Waals surface area contributed by atoms with Crippen LogP contribution < -0.4 is 14.8 Å². The van der Waals surface area contributed by atoms with E-state index in [0.29, 0.717) is 55.0 Å². The molecule has 1 saturated carbocycles. The van der Waals surface area contributed by atoms with Gasteiger partial charge in [0.05, 0.1) is 50.8 Å². The van der Waals surface area contributed by atoms with Gasteiger partial charge in [0.1, 0.15) is 36.3 Å². The molecule has 6 rings (SSSR count). The van der Waals surface area contributed by atoms with Crippen molar-refractivity contribution in [3.63, 3.8) is 0 Å². The summed E-state index contributed by atoms with van der Waals surface area (Å²) in [5.74, 6) is 1.64. The molecule has 1 aliphatic heterocycles. The highest BCUT2D eigenvalue weighted by Gasteiger charge is 2.29. The number of hydrogen-bond donors (Lipinski definition) is 1. The topological polar surface area (TPSA) is 150 Å². The maximum atomic E-state index is 9.67. The second kappa shape index (κ2) is 16.0. The quantitative estimate of drug-likeness (QED) is 0.204. The Morgan fingerprint density at radius 3 is 2.52 bits per heavy atom. The summed E-state index contributed by atoms with van der Waals surface area (Å²) in [7, 11) is 1.69. The number of ether oxygens (including phenoxy) is 4. The van der Waals surface area contributed by atoms with E-state index in [1.807, 2.05) is 29.9 Å². The van der Waals surface area contributed by atoms with Crippen LogP contribution in [0.3, 0.4) is 0 Å². The van der Waals surface area contributed by atoms with Crippen molar-refractivity contribution in [3.05, 3.63) is 55.0 Å². The van der Waals surface area contributed by atoms with E-state index in [9.17, 15) is 5.26 Å². The summed E-state index contributed by atoms with van der Waals surface area (Å²) in [4.78, 5) is 15.8. The van der Waals surface area contributed by atoms with Crippen molar-refractivity contribution in [1.29, 1.82) is 5.26 Å². The fraction of sp³-hybridized carbons (Fsp3) is 0.529. The maximum Gasteiger partial charge on any atom is 0.256 e. The number of nitriles is 1. The summed E-state index contributed by atoms with van der Waals surface area (Å²) >= 11 is 0. The van der Waals surface area contributed by atoms with Gasteiger partial charge in [-0.3, -0.25) is 9.58 Å². The predicted molar refractivity (Wildman–Crippen MR) is 178 cm³/mol. The number of methoxy groups -OCH3 is 1.